The molecule has 1 aromatic carbocycles. The van der Waals surface area contributed by atoms with Crippen LogP contribution in [-0.2, 0) is 0 Å². The van der Waals surface area contributed by atoms with E-state index in [0.29, 0.717) is 32.0 Å². The SMILES string of the molecule is COc1cc(N)ccc1C(=O)Nc1ncc(Br)nc1Br. The van der Waals surface area contributed by atoms with Crippen molar-refractivity contribution in [1.29, 1.82) is 0 Å². The Morgan fingerprint density at radius 1 is 1.40 bits per heavy atom. The summed E-state index contributed by atoms with van der Waals surface area (Å²) in [5.74, 6) is 0.347. The lowest BCUT2D eigenvalue weighted by molar-refractivity contribution is 0.102. The van der Waals surface area contributed by atoms with Crippen LogP contribution >= 0.6 is 31.9 Å². The number of carbonyl (C=O) groups excluding carboxylic acids is 1. The molecule has 1 aromatic heterocycles. The summed E-state index contributed by atoms with van der Waals surface area (Å²) < 4.78 is 6.13. The summed E-state index contributed by atoms with van der Waals surface area (Å²) in [6, 6.07) is 4.79. The number of hydrogen-bond acceptors (Lipinski definition) is 5. The van der Waals surface area contributed by atoms with Gasteiger partial charge in [0.1, 0.15) is 15.0 Å². The summed E-state index contributed by atoms with van der Waals surface area (Å²) in [5, 5.41) is 2.65. The fraction of sp³-hybridized carbons (Fsp3) is 0.0833. The number of rotatable bonds is 3. The van der Waals surface area contributed by atoms with Crippen LogP contribution in [0.5, 0.6) is 5.75 Å². The van der Waals surface area contributed by atoms with Gasteiger partial charge in [0, 0.05) is 11.8 Å². The Hall–Kier alpha value is -1.67. The first-order valence-electron chi connectivity index (χ1n) is 5.44. The number of methoxy groups -OCH3 is 1. The van der Waals surface area contributed by atoms with Crippen molar-refractivity contribution in [3.8, 4) is 5.75 Å². The molecule has 0 aliphatic rings. The van der Waals surface area contributed by atoms with Gasteiger partial charge in [-0.1, -0.05) is 0 Å². The van der Waals surface area contributed by atoms with E-state index in [1.165, 1.54) is 13.3 Å². The molecule has 8 heteroatoms. The van der Waals surface area contributed by atoms with Crippen LogP contribution in [0.15, 0.2) is 33.6 Å². The summed E-state index contributed by atoms with van der Waals surface area (Å²) in [7, 11) is 1.47. The highest BCUT2D eigenvalue weighted by Gasteiger charge is 2.15. The smallest absolute Gasteiger partial charge is 0.260 e. The zero-order chi connectivity index (χ0) is 14.7. The van der Waals surface area contributed by atoms with Crippen molar-refractivity contribution in [2.45, 2.75) is 0 Å². The van der Waals surface area contributed by atoms with Gasteiger partial charge >= 0.3 is 0 Å². The number of amides is 1. The molecule has 3 N–H and O–H groups in total. The van der Waals surface area contributed by atoms with E-state index in [1.54, 1.807) is 18.2 Å². The molecule has 0 atom stereocenters. The van der Waals surface area contributed by atoms with Crippen molar-refractivity contribution < 1.29 is 9.53 Å². The number of aromatic nitrogens is 2. The zero-order valence-corrected chi connectivity index (χ0v) is 13.5. The number of nitrogens with zero attached hydrogens (tertiary/aromatic N) is 2. The number of anilines is 2. The number of ether oxygens (including phenoxy) is 1. The Morgan fingerprint density at radius 3 is 2.80 bits per heavy atom. The van der Waals surface area contributed by atoms with Crippen LogP contribution in [0, 0.1) is 0 Å². The second-order valence-corrected chi connectivity index (χ2v) is 5.31. The summed E-state index contributed by atoms with van der Waals surface area (Å²) in [6.45, 7) is 0. The zero-order valence-electron chi connectivity index (χ0n) is 10.4. The quantitative estimate of drug-likeness (QED) is 0.771. The van der Waals surface area contributed by atoms with Crippen molar-refractivity contribution in [2.75, 3.05) is 18.2 Å². The molecule has 2 rings (SSSR count). The van der Waals surface area contributed by atoms with Crippen molar-refractivity contribution in [2.24, 2.45) is 0 Å². The van der Waals surface area contributed by atoms with Crippen LogP contribution in [0.25, 0.3) is 0 Å². The first-order valence-corrected chi connectivity index (χ1v) is 7.02. The number of hydrogen-bond donors (Lipinski definition) is 2. The fourth-order valence-corrected chi connectivity index (χ4v) is 2.41. The Balaban J connectivity index is 2.28. The summed E-state index contributed by atoms with van der Waals surface area (Å²) in [4.78, 5) is 20.4. The van der Waals surface area contributed by atoms with Crippen molar-refractivity contribution in [3.05, 3.63) is 39.2 Å². The molecular formula is C12H10Br2N4O2. The second kappa shape index (κ2) is 6.19. The van der Waals surface area contributed by atoms with Gasteiger partial charge in [-0.3, -0.25) is 4.79 Å². The number of carbonyl (C=O) groups is 1. The minimum absolute atomic E-state index is 0.317. The molecule has 0 radical (unpaired) electrons. The Labute approximate surface area is 132 Å². The van der Waals surface area contributed by atoms with Gasteiger partial charge in [-0.15, -0.1) is 0 Å². The largest absolute Gasteiger partial charge is 0.496 e. The van der Waals surface area contributed by atoms with Crippen molar-refractivity contribution in [1.82, 2.24) is 9.97 Å². The molecule has 1 heterocycles. The molecule has 0 aliphatic heterocycles. The molecular weight excluding hydrogens is 392 g/mol. The van der Waals surface area contributed by atoms with E-state index in [0.717, 1.165) is 0 Å². The maximum Gasteiger partial charge on any atom is 0.260 e. The molecule has 0 aliphatic carbocycles. The molecule has 2 aromatic rings. The predicted octanol–water partition coefficient (Wildman–Crippen LogP) is 2.84. The van der Waals surface area contributed by atoms with Gasteiger partial charge in [0.05, 0.1) is 18.9 Å². The van der Waals surface area contributed by atoms with E-state index < -0.39 is 0 Å². The molecule has 1 amide bonds. The first-order chi connectivity index (χ1) is 9.51. The standard InChI is InChI=1S/C12H10Br2N4O2/c1-20-8-4-6(15)2-3-7(8)12(19)18-11-10(14)17-9(13)5-16-11/h2-5H,15H2,1H3,(H,16,18,19). The first kappa shape index (κ1) is 14.7. The minimum atomic E-state index is -0.362. The molecule has 0 unspecified atom stereocenters. The fourth-order valence-electron chi connectivity index (χ4n) is 1.50. The molecule has 0 spiro atoms. The Kier molecular flexibility index (Phi) is 4.56. The van der Waals surface area contributed by atoms with Gasteiger partial charge in [0.25, 0.3) is 5.91 Å². The topological polar surface area (TPSA) is 90.1 Å². The highest BCUT2D eigenvalue weighted by molar-refractivity contribution is 9.11. The van der Waals surface area contributed by atoms with Crippen LogP contribution in [0.2, 0.25) is 0 Å². The third kappa shape index (κ3) is 3.26. The summed E-state index contributed by atoms with van der Waals surface area (Å²) in [6.07, 6.45) is 1.49. The van der Waals surface area contributed by atoms with Gasteiger partial charge in [-0.05, 0) is 44.0 Å². The van der Waals surface area contributed by atoms with E-state index >= 15 is 0 Å². The number of benzene rings is 1. The van der Waals surface area contributed by atoms with E-state index in [-0.39, 0.29) is 5.91 Å². The molecule has 0 saturated heterocycles. The van der Waals surface area contributed by atoms with E-state index in [1.807, 2.05) is 0 Å². The Bertz CT molecular complexity index is 664. The van der Waals surface area contributed by atoms with Gasteiger partial charge in [0.2, 0.25) is 0 Å². The molecule has 6 nitrogen and oxygen atoms in total. The van der Waals surface area contributed by atoms with E-state index in [4.69, 9.17) is 10.5 Å². The number of nitrogen functional groups attached to an aromatic ring is 1. The van der Waals surface area contributed by atoms with Crippen LogP contribution in [0.3, 0.4) is 0 Å². The van der Waals surface area contributed by atoms with Gasteiger partial charge < -0.3 is 15.8 Å². The van der Waals surface area contributed by atoms with E-state index in [2.05, 4.69) is 47.1 Å². The number of nitrogens with one attached hydrogen (secondary N) is 1. The molecule has 0 saturated carbocycles. The molecule has 0 bridgehead atoms. The average molecular weight is 402 g/mol. The number of nitrogens with two attached hydrogens (primary N) is 1. The lowest BCUT2D eigenvalue weighted by atomic mass is 10.1. The van der Waals surface area contributed by atoms with Gasteiger partial charge in [0.15, 0.2) is 5.82 Å². The lowest BCUT2D eigenvalue weighted by Gasteiger charge is -2.10. The van der Waals surface area contributed by atoms with Crippen LogP contribution < -0.4 is 15.8 Å². The van der Waals surface area contributed by atoms with Gasteiger partial charge in [-0.25, -0.2) is 9.97 Å². The molecule has 0 fully saturated rings. The van der Waals surface area contributed by atoms with Gasteiger partial charge in [-0.2, -0.15) is 0 Å². The van der Waals surface area contributed by atoms with Crippen LogP contribution in [-0.4, -0.2) is 23.0 Å². The molecule has 20 heavy (non-hydrogen) atoms. The van der Waals surface area contributed by atoms with Crippen molar-refractivity contribution in [3.63, 3.8) is 0 Å². The third-order valence-corrected chi connectivity index (χ3v) is 3.34. The van der Waals surface area contributed by atoms with E-state index in [9.17, 15) is 4.79 Å². The monoisotopic (exact) mass is 400 g/mol. The van der Waals surface area contributed by atoms with Crippen LogP contribution in [0.4, 0.5) is 11.5 Å². The van der Waals surface area contributed by atoms with Crippen molar-refractivity contribution >= 4 is 49.3 Å². The summed E-state index contributed by atoms with van der Waals surface area (Å²) >= 11 is 6.41. The maximum atomic E-state index is 12.2. The highest BCUT2D eigenvalue weighted by atomic mass is 79.9. The van der Waals surface area contributed by atoms with Crippen LogP contribution in [0.1, 0.15) is 10.4 Å². The average Bonchev–Trinajstić information content (AvgIpc) is 2.41. The molecule has 104 valence electrons. The number of halogens is 2. The predicted molar refractivity (Wildman–Crippen MR) is 82.8 cm³/mol. The summed E-state index contributed by atoms with van der Waals surface area (Å²) in [5.41, 5.74) is 6.53. The minimum Gasteiger partial charge on any atom is -0.496 e. The maximum absolute atomic E-state index is 12.2. The normalized spacial score (nSPS) is 10.2. The third-order valence-electron chi connectivity index (χ3n) is 2.40. The highest BCUT2D eigenvalue weighted by Crippen LogP contribution is 2.24. The second-order valence-electron chi connectivity index (χ2n) is 3.75. The lowest BCUT2D eigenvalue weighted by Crippen LogP contribution is -2.15. The Morgan fingerprint density at radius 2 is 2.15 bits per heavy atom.